The van der Waals surface area contributed by atoms with Gasteiger partial charge in [-0.2, -0.15) is 0 Å². The van der Waals surface area contributed by atoms with Crippen LogP contribution in [0, 0.1) is 12.7 Å². The topological polar surface area (TPSA) is 67.3 Å². The van der Waals surface area contributed by atoms with Gasteiger partial charge in [-0.25, -0.2) is 13.2 Å². The third kappa shape index (κ3) is 3.70. The van der Waals surface area contributed by atoms with Crippen LogP contribution in [0.5, 0.6) is 5.75 Å². The minimum absolute atomic E-state index is 0.0215. The number of amides is 1. The molecule has 1 aliphatic heterocycles. The van der Waals surface area contributed by atoms with E-state index in [1.807, 2.05) is 0 Å². The third-order valence-electron chi connectivity index (χ3n) is 6.26. The van der Waals surface area contributed by atoms with Gasteiger partial charge < -0.3 is 14.6 Å². The molecule has 0 bridgehead atoms. The zero-order valence-electron chi connectivity index (χ0n) is 18.4. The fourth-order valence-electron chi connectivity index (χ4n) is 4.53. The minimum Gasteiger partial charge on any atom is -0.463 e. The summed E-state index contributed by atoms with van der Waals surface area (Å²) in [7, 11) is 0. The molecule has 0 unspecified atom stereocenters. The fraction of sp³-hybridized carbons (Fsp3) is 0.280. The summed E-state index contributed by atoms with van der Waals surface area (Å²) in [6, 6.07) is 9.08. The predicted molar refractivity (Wildman–Crippen MR) is 123 cm³/mol. The van der Waals surface area contributed by atoms with Crippen LogP contribution in [-0.2, 0) is 0 Å². The normalized spacial score (nSPS) is 14.8. The molecule has 3 heterocycles. The Morgan fingerprint density at radius 1 is 1.12 bits per heavy atom. The highest BCUT2D eigenvalue weighted by atomic mass is 19.1. The SMILES string of the molecule is Cc1cc2c(F)c(-n3cc(C(=O)N4CCC(F)CC4)c4ccc(OCF)cc4c3=O)ccc2[nH]1. The van der Waals surface area contributed by atoms with Crippen LogP contribution in [0.3, 0.4) is 0 Å². The molecule has 5 rings (SSSR count). The molecule has 1 N–H and O–H groups in total. The van der Waals surface area contributed by atoms with Crippen molar-refractivity contribution in [2.45, 2.75) is 25.9 Å². The number of aromatic nitrogens is 2. The van der Waals surface area contributed by atoms with E-state index < -0.39 is 24.4 Å². The van der Waals surface area contributed by atoms with Crippen molar-refractivity contribution in [3.05, 3.63) is 70.0 Å². The number of fused-ring (bicyclic) bond motifs is 2. The zero-order chi connectivity index (χ0) is 24.0. The molecule has 4 aromatic rings. The first-order valence-electron chi connectivity index (χ1n) is 11.0. The van der Waals surface area contributed by atoms with E-state index in [4.69, 9.17) is 4.74 Å². The molecule has 0 aliphatic carbocycles. The highest BCUT2D eigenvalue weighted by Crippen LogP contribution is 2.28. The average Bonchev–Trinajstić information content (AvgIpc) is 3.22. The van der Waals surface area contributed by atoms with E-state index in [2.05, 4.69) is 4.98 Å². The molecule has 1 aliphatic rings. The summed E-state index contributed by atoms with van der Waals surface area (Å²) >= 11 is 0. The van der Waals surface area contributed by atoms with E-state index in [0.717, 1.165) is 10.3 Å². The van der Waals surface area contributed by atoms with Crippen molar-refractivity contribution in [1.29, 1.82) is 0 Å². The van der Waals surface area contributed by atoms with Crippen LogP contribution in [0.15, 0.2) is 47.4 Å². The second kappa shape index (κ2) is 8.55. The summed E-state index contributed by atoms with van der Waals surface area (Å²) in [6.07, 6.45) is 0.834. The molecule has 6 nitrogen and oxygen atoms in total. The van der Waals surface area contributed by atoms with Crippen LogP contribution in [0.25, 0.3) is 27.4 Å². The van der Waals surface area contributed by atoms with E-state index in [0.29, 0.717) is 16.3 Å². The number of nitrogens with one attached hydrogen (secondary N) is 1. The van der Waals surface area contributed by atoms with E-state index in [-0.39, 0.29) is 54.2 Å². The Kier molecular flexibility index (Phi) is 5.55. The van der Waals surface area contributed by atoms with Gasteiger partial charge in [0.05, 0.1) is 16.6 Å². The van der Waals surface area contributed by atoms with E-state index >= 15 is 4.39 Å². The third-order valence-corrected chi connectivity index (χ3v) is 6.26. The molecule has 0 saturated carbocycles. The first kappa shape index (κ1) is 22.1. The average molecular weight is 469 g/mol. The number of hydrogen-bond acceptors (Lipinski definition) is 3. The Labute approximate surface area is 192 Å². The van der Waals surface area contributed by atoms with Crippen molar-refractivity contribution in [2.75, 3.05) is 20.0 Å². The molecule has 176 valence electrons. The Morgan fingerprint density at radius 2 is 1.88 bits per heavy atom. The van der Waals surface area contributed by atoms with Gasteiger partial charge in [-0.3, -0.25) is 14.2 Å². The largest absolute Gasteiger partial charge is 0.463 e. The second-order valence-corrected chi connectivity index (χ2v) is 8.46. The van der Waals surface area contributed by atoms with Crippen molar-refractivity contribution in [3.8, 4) is 11.4 Å². The van der Waals surface area contributed by atoms with Crippen LogP contribution in [-0.4, -0.2) is 46.5 Å². The number of likely N-dealkylation sites (tertiary alicyclic amines) is 1. The number of hydrogen-bond donors (Lipinski definition) is 1. The van der Waals surface area contributed by atoms with Crippen molar-refractivity contribution in [3.63, 3.8) is 0 Å². The number of halogens is 3. The summed E-state index contributed by atoms with van der Waals surface area (Å²) in [5.74, 6) is -0.890. The number of aromatic amines is 1. The number of pyridine rings is 1. The lowest BCUT2D eigenvalue weighted by molar-refractivity contribution is 0.0668. The number of carbonyl (C=O) groups is 1. The molecule has 9 heteroatoms. The maximum Gasteiger partial charge on any atom is 0.263 e. The molecule has 0 radical (unpaired) electrons. The van der Waals surface area contributed by atoms with Crippen LogP contribution >= 0.6 is 0 Å². The van der Waals surface area contributed by atoms with Crippen LogP contribution < -0.4 is 10.3 Å². The monoisotopic (exact) mass is 469 g/mol. The van der Waals surface area contributed by atoms with Crippen molar-refractivity contribution < 1.29 is 22.7 Å². The fourth-order valence-corrected chi connectivity index (χ4v) is 4.53. The maximum absolute atomic E-state index is 15.5. The van der Waals surface area contributed by atoms with E-state index in [9.17, 15) is 18.4 Å². The Bertz CT molecular complexity index is 1470. The van der Waals surface area contributed by atoms with Gasteiger partial charge in [-0.1, -0.05) is 0 Å². The first-order chi connectivity index (χ1) is 16.4. The number of piperidine rings is 1. The Hall–Kier alpha value is -3.75. The lowest BCUT2D eigenvalue weighted by atomic mass is 10.0. The molecule has 0 atom stereocenters. The number of aryl methyl sites for hydroxylation is 1. The Balaban J connectivity index is 1.73. The standard InChI is InChI=1S/C25H22F3N3O3/c1-14-10-19-21(29-14)4-5-22(23(19)28)31-12-20(24(32)30-8-6-15(27)7-9-30)17-3-2-16(34-13-26)11-18(17)25(31)33/h2-5,10-12,15,29H,6-9,13H2,1H3. The van der Waals surface area contributed by atoms with Crippen LogP contribution in [0.1, 0.15) is 28.9 Å². The van der Waals surface area contributed by atoms with Gasteiger partial charge in [0.15, 0.2) is 5.82 Å². The maximum atomic E-state index is 15.5. The number of rotatable bonds is 4. The van der Waals surface area contributed by atoms with Crippen LogP contribution in [0.2, 0.25) is 0 Å². The van der Waals surface area contributed by atoms with Gasteiger partial charge in [0.25, 0.3) is 11.5 Å². The lowest BCUT2D eigenvalue weighted by Gasteiger charge is -2.29. The highest BCUT2D eigenvalue weighted by Gasteiger charge is 2.26. The number of alkyl halides is 2. The number of H-pyrrole nitrogens is 1. The summed E-state index contributed by atoms with van der Waals surface area (Å²) in [4.78, 5) is 31.4. The molecule has 1 fully saturated rings. The highest BCUT2D eigenvalue weighted by molar-refractivity contribution is 6.07. The molecule has 34 heavy (non-hydrogen) atoms. The van der Waals surface area contributed by atoms with Crippen molar-refractivity contribution in [1.82, 2.24) is 14.5 Å². The molecule has 1 saturated heterocycles. The summed E-state index contributed by atoms with van der Waals surface area (Å²) in [5, 5.41) is 0.732. The molecule has 0 spiro atoms. The van der Waals surface area contributed by atoms with E-state index in [1.54, 1.807) is 19.1 Å². The molecule has 2 aromatic heterocycles. The second-order valence-electron chi connectivity index (χ2n) is 8.46. The van der Waals surface area contributed by atoms with Gasteiger partial charge in [0.1, 0.15) is 11.9 Å². The number of ether oxygens (including phenoxy) is 1. The first-order valence-corrected chi connectivity index (χ1v) is 11.0. The minimum atomic E-state index is -1.09. The van der Waals surface area contributed by atoms with Gasteiger partial charge in [-0.05, 0) is 56.2 Å². The van der Waals surface area contributed by atoms with Gasteiger partial charge in [0, 0.05) is 41.3 Å². The van der Waals surface area contributed by atoms with Gasteiger partial charge >= 0.3 is 0 Å². The summed E-state index contributed by atoms with van der Waals surface area (Å²) in [5.41, 5.74) is 0.910. The van der Waals surface area contributed by atoms with Crippen molar-refractivity contribution >= 4 is 27.6 Å². The number of carbonyl (C=O) groups excluding carboxylic acids is 1. The molecule has 2 aromatic carbocycles. The number of nitrogens with zero attached hydrogens (tertiary/aromatic N) is 2. The summed E-state index contributed by atoms with van der Waals surface area (Å²) < 4.78 is 47.9. The molecule has 1 amide bonds. The molecular formula is C25H22F3N3O3. The lowest BCUT2D eigenvalue weighted by Crippen LogP contribution is -2.39. The van der Waals surface area contributed by atoms with Gasteiger partial charge in [-0.15, -0.1) is 0 Å². The quantitative estimate of drug-likeness (QED) is 0.467. The van der Waals surface area contributed by atoms with E-state index in [1.165, 1.54) is 35.4 Å². The predicted octanol–water partition coefficient (Wildman–Crippen LogP) is 4.80. The smallest absolute Gasteiger partial charge is 0.263 e. The Morgan fingerprint density at radius 3 is 2.62 bits per heavy atom. The molecular weight excluding hydrogens is 447 g/mol. The van der Waals surface area contributed by atoms with Gasteiger partial charge in [0.2, 0.25) is 6.86 Å². The summed E-state index contributed by atoms with van der Waals surface area (Å²) in [6.45, 7) is 1.19. The zero-order valence-corrected chi connectivity index (χ0v) is 18.4. The number of benzene rings is 2. The van der Waals surface area contributed by atoms with Crippen LogP contribution in [0.4, 0.5) is 13.2 Å². The van der Waals surface area contributed by atoms with Crippen molar-refractivity contribution in [2.24, 2.45) is 0 Å².